The fourth-order valence-corrected chi connectivity index (χ4v) is 4.02. The van der Waals surface area contributed by atoms with Gasteiger partial charge in [-0.05, 0) is 36.4 Å². The predicted molar refractivity (Wildman–Crippen MR) is 95.3 cm³/mol. The van der Waals surface area contributed by atoms with E-state index in [2.05, 4.69) is 22.5 Å². The zero-order valence-corrected chi connectivity index (χ0v) is 15.3. The lowest BCUT2D eigenvalue weighted by molar-refractivity contribution is 0.593. The summed E-state index contributed by atoms with van der Waals surface area (Å²) < 4.78 is 27.7. The highest BCUT2D eigenvalue weighted by molar-refractivity contribution is 9.10. The molecule has 116 valence electrons. The van der Waals surface area contributed by atoms with E-state index in [-0.39, 0.29) is 16.5 Å². The molecule has 2 rings (SSSR count). The van der Waals surface area contributed by atoms with Crippen molar-refractivity contribution in [1.29, 1.82) is 0 Å². The fourth-order valence-electron chi connectivity index (χ4n) is 1.86. The molecule has 0 amide bonds. The molecule has 0 N–H and O–H groups in total. The molecule has 0 radical (unpaired) electrons. The summed E-state index contributed by atoms with van der Waals surface area (Å²) in [5.41, 5.74) is 0.317. The lowest BCUT2D eigenvalue weighted by Gasteiger charge is -2.24. The van der Waals surface area contributed by atoms with Gasteiger partial charge in [0.15, 0.2) is 0 Å². The molecule has 0 spiro atoms. The normalized spacial score (nSPS) is 11.2. The lowest BCUT2D eigenvalue weighted by atomic mass is 10.3. The van der Waals surface area contributed by atoms with Crippen molar-refractivity contribution >= 4 is 54.8 Å². The van der Waals surface area contributed by atoms with E-state index in [1.165, 1.54) is 22.5 Å². The first-order valence-electron chi connectivity index (χ1n) is 6.21. The molecule has 0 aromatic heterocycles. The van der Waals surface area contributed by atoms with Gasteiger partial charge in [-0.15, -0.1) is 6.58 Å². The summed E-state index contributed by atoms with van der Waals surface area (Å²) in [6, 6.07) is 11.2. The number of sulfonamides is 1. The number of nitrogens with zero attached hydrogens (tertiary/aromatic N) is 1. The smallest absolute Gasteiger partial charge is 0.261 e. The van der Waals surface area contributed by atoms with Gasteiger partial charge in [0.25, 0.3) is 10.0 Å². The van der Waals surface area contributed by atoms with E-state index < -0.39 is 10.0 Å². The molecule has 3 nitrogen and oxygen atoms in total. The number of hydrogen-bond donors (Lipinski definition) is 0. The molecule has 0 saturated carbocycles. The molecule has 0 heterocycles. The second kappa shape index (κ2) is 7.04. The molecule has 0 aliphatic rings. The highest BCUT2D eigenvalue weighted by atomic mass is 79.9. The Balaban J connectivity index is 2.58. The zero-order valence-electron chi connectivity index (χ0n) is 11.3. The van der Waals surface area contributed by atoms with E-state index in [4.69, 9.17) is 23.2 Å². The van der Waals surface area contributed by atoms with Gasteiger partial charge in [-0.25, -0.2) is 8.42 Å². The van der Waals surface area contributed by atoms with Crippen molar-refractivity contribution in [1.82, 2.24) is 0 Å². The Bertz CT molecular complexity index is 792. The molecule has 7 heteroatoms. The molecule has 0 bridgehead atoms. The standard InChI is InChI=1S/C15H12BrCl2NO2S/c1-2-10-19(14-5-3-4-13(17)15(14)18)22(20,21)12-8-6-11(16)7-9-12/h2-9H,1,10H2. The van der Waals surface area contributed by atoms with Gasteiger partial charge in [-0.3, -0.25) is 4.31 Å². The molecule has 2 aromatic rings. The Morgan fingerprint density at radius 1 is 1.14 bits per heavy atom. The average molecular weight is 421 g/mol. The van der Waals surface area contributed by atoms with Gasteiger partial charge in [0.2, 0.25) is 0 Å². The lowest BCUT2D eigenvalue weighted by Crippen LogP contribution is -2.31. The summed E-state index contributed by atoms with van der Waals surface area (Å²) in [5.74, 6) is 0. The van der Waals surface area contributed by atoms with Gasteiger partial charge < -0.3 is 0 Å². The maximum Gasteiger partial charge on any atom is 0.264 e. The summed E-state index contributed by atoms with van der Waals surface area (Å²) in [5, 5.41) is 0.478. The first-order chi connectivity index (χ1) is 10.4. The van der Waals surface area contributed by atoms with Crippen LogP contribution in [-0.4, -0.2) is 15.0 Å². The van der Waals surface area contributed by atoms with Crippen LogP contribution in [0.2, 0.25) is 10.0 Å². The van der Waals surface area contributed by atoms with Crippen molar-refractivity contribution in [2.45, 2.75) is 4.90 Å². The highest BCUT2D eigenvalue weighted by Crippen LogP contribution is 2.35. The molecule has 2 aromatic carbocycles. The third-order valence-corrected chi connectivity index (χ3v) is 6.03. The second-order valence-electron chi connectivity index (χ2n) is 4.35. The van der Waals surface area contributed by atoms with Crippen LogP contribution in [0.15, 0.2) is 64.5 Å². The third-order valence-electron chi connectivity index (χ3n) is 2.90. The zero-order chi connectivity index (χ0) is 16.3. The van der Waals surface area contributed by atoms with E-state index in [1.54, 1.807) is 30.3 Å². The Labute approximate surface area is 148 Å². The molecular formula is C15H12BrCl2NO2S. The predicted octanol–water partition coefficient (Wildman–Crippen LogP) is 5.14. The summed E-state index contributed by atoms with van der Waals surface area (Å²) in [6.45, 7) is 3.69. The van der Waals surface area contributed by atoms with Crippen LogP contribution in [0.25, 0.3) is 0 Å². The van der Waals surface area contributed by atoms with Gasteiger partial charge in [-0.2, -0.15) is 0 Å². The van der Waals surface area contributed by atoms with Crippen LogP contribution in [0, 0.1) is 0 Å². The molecule has 0 fully saturated rings. The average Bonchev–Trinajstić information content (AvgIpc) is 2.48. The number of halogens is 3. The molecule has 0 unspecified atom stereocenters. The van der Waals surface area contributed by atoms with Gasteiger partial charge >= 0.3 is 0 Å². The molecule has 0 atom stereocenters. The monoisotopic (exact) mass is 419 g/mol. The molecule has 0 aliphatic heterocycles. The van der Waals surface area contributed by atoms with Crippen LogP contribution < -0.4 is 4.31 Å². The molecule has 0 saturated heterocycles. The minimum atomic E-state index is -3.77. The van der Waals surface area contributed by atoms with Crippen LogP contribution in [0.5, 0.6) is 0 Å². The van der Waals surface area contributed by atoms with E-state index >= 15 is 0 Å². The maximum absolute atomic E-state index is 12.9. The maximum atomic E-state index is 12.9. The number of rotatable bonds is 5. The first-order valence-corrected chi connectivity index (χ1v) is 9.20. The second-order valence-corrected chi connectivity index (χ2v) is 7.91. The van der Waals surface area contributed by atoms with Crippen LogP contribution in [-0.2, 0) is 10.0 Å². The van der Waals surface area contributed by atoms with E-state index in [1.807, 2.05) is 0 Å². The van der Waals surface area contributed by atoms with Crippen molar-refractivity contribution in [2.24, 2.45) is 0 Å². The largest absolute Gasteiger partial charge is 0.264 e. The Morgan fingerprint density at radius 2 is 1.77 bits per heavy atom. The van der Waals surface area contributed by atoms with Gasteiger partial charge in [0, 0.05) is 4.47 Å². The van der Waals surface area contributed by atoms with Crippen molar-refractivity contribution < 1.29 is 8.42 Å². The first kappa shape index (κ1) is 17.3. The van der Waals surface area contributed by atoms with Crippen molar-refractivity contribution in [3.05, 3.63) is 69.6 Å². The molecule has 0 aliphatic carbocycles. The topological polar surface area (TPSA) is 37.4 Å². The summed E-state index contributed by atoms with van der Waals surface area (Å²) in [6.07, 6.45) is 1.49. The quantitative estimate of drug-likeness (QED) is 0.628. The van der Waals surface area contributed by atoms with Crippen molar-refractivity contribution in [3.8, 4) is 0 Å². The Morgan fingerprint density at radius 3 is 2.36 bits per heavy atom. The Kier molecular flexibility index (Phi) is 5.55. The van der Waals surface area contributed by atoms with Crippen molar-refractivity contribution in [2.75, 3.05) is 10.8 Å². The summed E-state index contributed by atoms with van der Waals surface area (Å²) >= 11 is 15.4. The van der Waals surface area contributed by atoms with Crippen LogP contribution in [0.3, 0.4) is 0 Å². The van der Waals surface area contributed by atoms with Gasteiger partial charge in [0.05, 0.1) is 27.2 Å². The van der Waals surface area contributed by atoms with Gasteiger partial charge in [-0.1, -0.05) is 51.3 Å². The van der Waals surface area contributed by atoms with E-state index in [0.29, 0.717) is 10.7 Å². The fraction of sp³-hybridized carbons (Fsp3) is 0.0667. The van der Waals surface area contributed by atoms with E-state index in [0.717, 1.165) is 4.47 Å². The van der Waals surface area contributed by atoms with Crippen LogP contribution in [0.4, 0.5) is 5.69 Å². The summed E-state index contributed by atoms with van der Waals surface area (Å²) in [7, 11) is -3.77. The van der Waals surface area contributed by atoms with Crippen LogP contribution >= 0.6 is 39.1 Å². The minimum absolute atomic E-state index is 0.0818. The molecule has 22 heavy (non-hydrogen) atoms. The van der Waals surface area contributed by atoms with Crippen LogP contribution in [0.1, 0.15) is 0 Å². The minimum Gasteiger partial charge on any atom is -0.261 e. The Hall–Kier alpha value is -1.01. The number of anilines is 1. The van der Waals surface area contributed by atoms with Crippen molar-refractivity contribution in [3.63, 3.8) is 0 Å². The van der Waals surface area contributed by atoms with Gasteiger partial charge in [0.1, 0.15) is 0 Å². The number of benzene rings is 2. The third kappa shape index (κ3) is 3.49. The number of hydrogen-bond acceptors (Lipinski definition) is 2. The molecular weight excluding hydrogens is 409 g/mol. The van der Waals surface area contributed by atoms with E-state index in [9.17, 15) is 8.42 Å². The summed E-state index contributed by atoms with van der Waals surface area (Å²) in [4.78, 5) is 0.161. The SMILES string of the molecule is C=CCN(c1cccc(Cl)c1Cl)S(=O)(=O)c1ccc(Br)cc1. The highest BCUT2D eigenvalue weighted by Gasteiger charge is 2.26.